The van der Waals surface area contributed by atoms with E-state index in [0.717, 1.165) is 16.5 Å². The number of nitrogens with zero attached hydrogens (tertiary/aromatic N) is 1. The van der Waals surface area contributed by atoms with Gasteiger partial charge in [-0.1, -0.05) is 30.0 Å². The van der Waals surface area contributed by atoms with Gasteiger partial charge >= 0.3 is 5.97 Å². The molecule has 0 saturated carbocycles. The molecule has 30 heavy (non-hydrogen) atoms. The zero-order valence-corrected chi connectivity index (χ0v) is 18.0. The molecule has 7 nitrogen and oxygen atoms in total. The van der Waals surface area contributed by atoms with Crippen LogP contribution in [0.15, 0.2) is 39.8 Å². The Kier molecular flexibility index (Phi) is 6.56. The van der Waals surface area contributed by atoms with E-state index in [1.54, 1.807) is 13.8 Å². The number of pyridine rings is 1. The second kappa shape index (κ2) is 9.13. The number of furan rings is 1. The number of nitrogens with one attached hydrogen (secondary N) is 1. The van der Waals surface area contributed by atoms with E-state index < -0.39 is 5.97 Å². The zero-order chi connectivity index (χ0) is 21.8. The van der Waals surface area contributed by atoms with Gasteiger partial charge in [-0.25, -0.2) is 9.78 Å². The van der Waals surface area contributed by atoms with E-state index in [4.69, 9.17) is 9.15 Å². The highest BCUT2D eigenvalue weighted by atomic mass is 32.2. The molecule has 0 saturated heterocycles. The molecule has 1 N–H and O–H groups in total. The van der Waals surface area contributed by atoms with Crippen molar-refractivity contribution in [2.24, 2.45) is 0 Å². The minimum absolute atomic E-state index is 0.0557. The topological polar surface area (TPSA) is 98.5 Å². The van der Waals surface area contributed by atoms with Gasteiger partial charge in [0.1, 0.15) is 11.3 Å². The number of esters is 1. The summed E-state index contributed by atoms with van der Waals surface area (Å²) in [5, 5.41) is 4.36. The van der Waals surface area contributed by atoms with Crippen molar-refractivity contribution >= 4 is 46.2 Å². The van der Waals surface area contributed by atoms with Gasteiger partial charge in [0, 0.05) is 5.39 Å². The Morgan fingerprint density at radius 1 is 1.17 bits per heavy atom. The Morgan fingerprint density at radius 2 is 1.90 bits per heavy atom. The number of fused-ring (bicyclic) bond motifs is 1. The standard InChI is InChI=1S/C22H22N2O5S/c1-5-28-22(27)20-19(13(3)25)14(4)29-21(20)24-17(26)11-30-18-10-12(2)15-8-6-7-9-16(15)23-18/h6-10H,5,11H2,1-4H3,(H,24,26). The molecule has 8 heteroatoms. The van der Waals surface area contributed by atoms with Crippen molar-refractivity contribution in [2.75, 3.05) is 17.7 Å². The molecule has 0 aliphatic heterocycles. The van der Waals surface area contributed by atoms with Crippen LogP contribution in [0.3, 0.4) is 0 Å². The maximum absolute atomic E-state index is 12.5. The van der Waals surface area contributed by atoms with E-state index in [9.17, 15) is 14.4 Å². The van der Waals surface area contributed by atoms with E-state index >= 15 is 0 Å². The Bertz CT molecular complexity index is 1140. The highest BCUT2D eigenvalue weighted by molar-refractivity contribution is 7.99. The highest BCUT2D eigenvalue weighted by Crippen LogP contribution is 2.29. The van der Waals surface area contributed by atoms with Gasteiger partial charge in [-0.15, -0.1) is 0 Å². The first-order valence-electron chi connectivity index (χ1n) is 9.42. The summed E-state index contributed by atoms with van der Waals surface area (Å²) >= 11 is 1.27. The average molecular weight is 426 g/mol. The lowest BCUT2D eigenvalue weighted by Crippen LogP contribution is -2.17. The summed E-state index contributed by atoms with van der Waals surface area (Å²) in [7, 11) is 0. The van der Waals surface area contributed by atoms with E-state index in [1.165, 1.54) is 18.7 Å². The molecule has 0 fully saturated rings. The van der Waals surface area contributed by atoms with Gasteiger partial charge in [0.2, 0.25) is 11.8 Å². The van der Waals surface area contributed by atoms with E-state index in [1.807, 2.05) is 37.3 Å². The Hall–Kier alpha value is -3.13. The first kappa shape index (κ1) is 21.6. The number of aryl methyl sites for hydroxylation is 2. The van der Waals surface area contributed by atoms with Gasteiger partial charge in [0.15, 0.2) is 5.78 Å². The fourth-order valence-electron chi connectivity index (χ4n) is 3.15. The fourth-order valence-corrected chi connectivity index (χ4v) is 3.92. The van der Waals surface area contributed by atoms with Gasteiger partial charge in [-0.3, -0.25) is 14.9 Å². The van der Waals surface area contributed by atoms with Crippen molar-refractivity contribution in [3.05, 3.63) is 52.8 Å². The number of hydrogen-bond donors (Lipinski definition) is 1. The third-order valence-corrected chi connectivity index (χ3v) is 5.33. The number of hydrogen-bond acceptors (Lipinski definition) is 7. The number of anilines is 1. The summed E-state index contributed by atoms with van der Waals surface area (Å²) in [6.45, 7) is 6.68. The van der Waals surface area contributed by atoms with Crippen molar-refractivity contribution in [2.45, 2.75) is 32.7 Å². The molecule has 0 unspecified atom stereocenters. The lowest BCUT2D eigenvalue weighted by atomic mass is 10.1. The molecule has 0 radical (unpaired) electrons. The predicted octanol–water partition coefficient (Wildman–Crippen LogP) is 4.55. The second-order valence-corrected chi connectivity index (χ2v) is 7.64. The SMILES string of the molecule is CCOC(=O)c1c(NC(=O)CSc2cc(C)c3ccccc3n2)oc(C)c1C(C)=O. The number of rotatable bonds is 7. The number of benzene rings is 1. The number of aromatic nitrogens is 1. The minimum Gasteiger partial charge on any atom is -0.462 e. The molecular weight excluding hydrogens is 404 g/mol. The summed E-state index contributed by atoms with van der Waals surface area (Å²) in [4.78, 5) is 41.3. The Balaban J connectivity index is 1.77. The monoisotopic (exact) mass is 426 g/mol. The van der Waals surface area contributed by atoms with Gasteiger partial charge in [0.05, 0.1) is 28.5 Å². The summed E-state index contributed by atoms with van der Waals surface area (Å²) < 4.78 is 10.5. The van der Waals surface area contributed by atoms with Gasteiger partial charge in [-0.2, -0.15) is 0 Å². The van der Waals surface area contributed by atoms with Crippen molar-refractivity contribution in [3.8, 4) is 0 Å². The van der Waals surface area contributed by atoms with Gasteiger partial charge in [-0.05, 0) is 45.4 Å². The van der Waals surface area contributed by atoms with E-state index in [2.05, 4.69) is 10.3 Å². The van der Waals surface area contributed by atoms with Crippen LogP contribution in [-0.4, -0.2) is 35.0 Å². The normalized spacial score (nSPS) is 10.8. The molecular formula is C22H22N2O5S. The molecule has 0 atom stereocenters. The number of carbonyl (C=O) groups excluding carboxylic acids is 3. The zero-order valence-electron chi connectivity index (χ0n) is 17.2. The lowest BCUT2D eigenvalue weighted by Gasteiger charge is -2.07. The lowest BCUT2D eigenvalue weighted by molar-refractivity contribution is -0.113. The van der Waals surface area contributed by atoms with Crippen LogP contribution in [0.25, 0.3) is 10.9 Å². The van der Waals surface area contributed by atoms with Crippen molar-refractivity contribution in [3.63, 3.8) is 0 Å². The number of Topliss-reactive ketones (excluding diaryl/α,β-unsaturated/α-hetero) is 1. The largest absolute Gasteiger partial charge is 0.462 e. The third-order valence-electron chi connectivity index (χ3n) is 4.42. The fraction of sp³-hybridized carbons (Fsp3) is 0.273. The second-order valence-electron chi connectivity index (χ2n) is 6.65. The van der Waals surface area contributed by atoms with Gasteiger partial charge in [0.25, 0.3) is 0 Å². The summed E-state index contributed by atoms with van der Waals surface area (Å²) in [6.07, 6.45) is 0. The third kappa shape index (κ3) is 4.54. The summed E-state index contributed by atoms with van der Waals surface area (Å²) in [5.74, 6) is -1.21. The molecule has 0 aliphatic rings. The number of amides is 1. The number of ketones is 1. The molecule has 1 amide bonds. The Labute approximate surface area is 178 Å². The maximum atomic E-state index is 12.5. The quantitative estimate of drug-likeness (QED) is 0.336. The van der Waals surface area contributed by atoms with Crippen molar-refractivity contribution in [1.82, 2.24) is 4.98 Å². The molecule has 3 aromatic rings. The van der Waals surface area contributed by atoms with Crippen LogP contribution in [0.4, 0.5) is 5.88 Å². The van der Waals surface area contributed by atoms with Crippen LogP contribution in [0, 0.1) is 13.8 Å². The molecule has 1 aromatic carbocycles. The van der Waals surface area contributed by atoms with Crippen LogP contribution < -0.4 is 5.32 Å². The molecule has 156 valence electrons. The smallest absolute Gasteiger partial charge is 0.344 e. The molecule has 2 heterocycles. The summed E-state index contributed by atoms with van der Waals surface area (Å²) in [6, 6.07) is 9.72. The van der Waals surface area contributed by atoms with Crippen LogP contribution in [0.5, 0.6) is 0 Å². The van der Waals surface area contributed by atoms with E-state index in [-0.39, 0.29) is 46.8 Å². The molecule has 2 aromatic heterocycles. The first-order chi connectivity index (χ1) is 14.3. The van der Waals surface area contributed by atoms with Crippen LogP contribution in [0.1, 0.15) is 45.9 Å². The number of ether oxygens (including phenoxy) is 1. The molecule has 0 aliphatic carbocycles. The predicted molar refractivity (Wildman–Crippen MR) is 115 cm³/mol. The summed E-state index contributed by atoms with van der Waals surface area (Å²) in [5.41, 5.74) is 1.99. The van der Waals surface area contributed by atoms with E-state index in [0.29, 0.717) is 5.03 Å². The molecule has 0 spiro atoms. The Morgan fingerprint density at radius 3 is 2.60 bits per heavy atom. The minimum atomic E-state index is -0.714. The molecule has 0 bridgehead atoms. The molecule has 3 rings (SSSR count). The van der Waals surface area contributed by atoms with Crippen molar-refractivity contribution < 1.29 is 23.5 Å². The number of thioether (sulfide) groups is 1. The number of para-hydroxylation sites is 1. The average Bonchev–Trinajstić information content (AvgIpc) is 3.02. The highest BCUT2D eigenvalue weighted by Gasteiger charge is 2.28. The van der Waals surface area contributed by atoms with Crippen LogP contribution >= 0.6 is 11.8 Å². The maximum Gasteiger partial charge on any atom is 0.344 e. The van der Waals surface area contributed by atoms with Crippen molar-refractivity contribution in [1.29, 1.82) is 0 Å². The van der Waals surface area contributed by atoms with Crippen LogP contribution in [0.2, 0.25) is 0 Å². The first-order valence-corrected chi connectivity index (χ1v) is 10.4. The van der Waals surface area contributed by atoms with Crippen LogP contribution in [-0.2, 0) is 9.53 Å². The number of carbonyl (C=O) groups is 3. The van der Waals surface area contributed by atoms with Gasteiger partial charge < -0.3 is 9.15 Å².